The van der Waals surface area contributed by atoms with Crippen molar-refractivity contribution in [2.45, 2.75) is 24.3 Å². The Morgan fingerprint density at radius 1 is 1.47 bits per heavy atom. The van der Waals surface area contributed by atoms with Gasteiger partial charge in [0.1, 0.15) is 4.90 Å². The smallest absolute Gasteiger partial charge is 0.245 e. The molecule has 1 aromatic carbocycles. The molecule has 1 atom stereocenters. The van der Waals surface area contributed by atoms with E-state index in [1.54, 1.807) is 18.8 Å². The van der Waals surface area contributed by atoms with Crippen molar-refractivity contribution in [2.24, 2.45) is 0 Å². The van der Waals surface area contributed by atoms with Gasteiger partial charge in [-0.1, -0.05) is 18.5 Å². The minimum absolute atomic E-state index is 0.0462. The summed E-state index contributed by atoms with van der Waals surface area (Å²) in [5.41, 5.74) is 5.94. The maximum absolute atomic E-state index is 12.5. The van der Waals surface area contributed by atoms with Crippen molar-refractivity contribution in [3.63, 3.8) is 0 Å². The van der Waals surface area contributed by atoms with Crippen LogP contribution in [0.1, 0.15) is 13.3 Å². The number of hydrogen-bond donors (Lipinski definition) is 1. The van der Waals surface area contributed by atoms with E-state index in [2.05, 4.69) is 0 Å². The molecular formula is C12H19ClN2O2S2. The van der Waals surface area contributed by atoms with E-state index < -0.39 is 10.0 Å². The summed E-state index contributed by atoms with van der Waals surface area (Å²) < 4.78 is 26.5. The highest BCUT2D eigenvalue weighted by atomic mass is 35.5. The van der Waals surface area contributed by atoms with Crippen LogP contribution in [0.5, 0.6) is 0 Å². The summed E-state index contributed by atoms with van der Waals surface area (Å²) in [4.78, 5) is 0.110. The zero-order valence-corrected chi connectivity index (χ0v) is 13.6. The molecule has 0 aromatic heterocycles. The molecule has 0 spiro atoms. The third-order valence-electron chi connectivity index (χ3n) is 2.97. The van der Waals surface area contributed by atoms with E-state index >= 15 is 0 Å². The predicted octanol–water partition coefficient (Wildman–Crippen LogP) is 2.68. The summed E-state index contributed by atoms with van der Waals surface area (Å²) in [6.07, 6.45) is 2.71. The second kappa shape index (κ2) is 6.83. The Morgan fingerprint density at radius 2 is 2.11 bits per heavy atom. The lowest BCUT2D eigenvalue weighted by Crippen LogP contribution is -2.38. The SMILES string of the molecule is CCC(CSC)N(C)S(=O)(=O)c1ccc(Cl)cc1N. The predicted molar refractivity (Wildman–Crippen MR) is 83.3 cm³/mol. The monoisotopic (exact) mass is 322 g/mol. The fraction of sp³-hybridized carbons (Fsp3) is 0.500. The zero-order chi connectivity index (χ0) is 14.6. The highest BCUT2D eigenvalue weighted by molar-refractivity contribution is 7.98. The molecule has 108 valence electrons. The standard InChI is InChI=1S/C12H19ClN2O2S2/c1-4-10(8-18-3)15(2)19(16,17)12-6-5-9(13)7-11(12)14/h5-7,10H,4,8,14H2,1-3H3. The molecular weight excluding hydrogens is 304 g/mol. The Kier molecular flexibility index (Phi) is 5.98. The molecule has 0 bridgehead atoms. The second-order valence-electron chi connectivity index (χ2n) is 4.22. The summed E-state index contributed by atoms with van der Waals surface area (Å²) in [6, 6.07) is 4.40. The number of anilines is 1. The Bertz CT molecular complexity index is 535. The van der Waals surface area contributed by atoms with Crippen LogP contribution in [0.3, 0.4) is 0 Å². The molecule has 4 nitrogen and oxygen atoms in total. The van der Waals surface area contributed by atoms with E-state index in [0.29, 0.717) is 5.02 Å². The molecule has 0 saturated heterocycles. The number of hydrogen-bond acceptors (Lipinski definition) is 4. The van der Waals surface area contributed by atoms with Crippen LogP contribution in [0.15, 0.2) is 23.1 Å². The molecule has 1 aromatic rings. The van der Waals surface area contributed by atoms with Crippen molar-refractivity contribution in [3.8, 4) is 0 Å². The molecule has 19 heavy (non-hydrogen) atoms. The molecule has 0 aliphatic rings. The molecule has 7 heteroatoms. The van der Waals surface area contributed by atoms with Crippen molar-refractivity contribution < 1.29 is 8.42 Å². The lowest BCUT2D eigenvalue weighted by Gasteiger charge is -2.26. The summed E-state index contributed by atoms with van der Waals surface area (Å²) >= 11 is 7.42. The van der Waals surface area contributed by atoms with Crippen LogP contribution >= 0.6 is 23.4 Å². The molecule has 0 aliphatic heterocycles. The van der Waals surface area contributed by atoms with Gasteiger partial charge < -0.3 is 5.73 Å². The number of nitrogens with two attached hydrogens (primary N) is 1. The second-order valence-corrected chi connectivity index (χ2v) is 7.53. The number of nitrogen functional groups attached to an aromatic ring is 1. The van der Waals surface area contributed by atoms with Crippen LogP contribution in [0, 0.1) is 0 Å². The van der Waals surface area contributed by atoms with Gasteiger partial charge in [0.2, 0.25) is 10.0 Å². The molecule has 0 heterocycles. The highest BCUT2D eigenvalue weighted by Gasteiger charge is 2.28. The molecule has 1 rings (SSSR count). The van der Waals surface area contributed by atoms with Gasteiger partial charge in [-0.3, -0.25) is 0 Å². The molecule has 0 fully saturated rings. The normalized spacial score (nSPS) is 13.7. The molecule has 0 saturated carbocycles. The average Bonchev–Trinajstić information content (AvgIpc) is 2.34. The molecule has 1 unspecified atom stereocenters. The van der Waals surface area contributed by atoms with Crippen molar-refractivity contribution in [3.05, 3.63) is 23.2 Å². The number of thioether (sulfide) groups is 1. The van der Waals surface area contributed by atoms with Crippen LogP contribution in [0.2, 0.25) is 5.02 Å². The average molecular weight is 323 g/mol. The maximum Gasteiger partial charge on any atom is 0.245 e. The topological polar surface area (TPSA) is 63.4 Å². The number of nitrogens with zero attached hydrogens (tertiary/aromatic N) is 1. The number of benzene rings is 1. The minimum Gasteiger partial charge on any atom is -0.398 e. The van der Waals surface area contributed by atoms with Crippen molar-refractivity contribution in [1.29, 1.82) is 0 Å². The first-order valence-electron chi connectivity index (χ1n) is 5.86. The van der Waals surface area contributed by atoms with Crippen LogP contribution in [-0.4, -0.2) is 37.8 Å². The lowest BCUT2D eigenvalue weighted by molar-refractivity contribution is 0.386. The first-order chi connectivity index (χ1) is 8.84. The highest BCUT2D eigenvalue weighted by Crippen LogP contribution is 2.26. The van der Waals surface area contributed by atoms with Crippen LogP contribution in [0.25, 0.3) is 0 Å². The molecule has 0 amide bonds. The van der Waals surface area contributed by atoms with E-state index in [-0.39, 0.29) is 16.6 Å². The lowest BCUT2D eigenvalue weighted by atomic mass is 10.3. The van der Waals surface area contributed by atoms with Crippen LogP contribution in [0.4, 0.5) is 5.69 Å². The number of halogens is 1. The van der Waals surface area contributed by atoms with Gasteiger partial charge in [0.25, 0.3) is 0 Å². The van der Waals surface area contributed by atoms with Crippen molar-refractivity contribution >= 4 is 39.1 Å². The third kappa shape index (κ3) is 3.78. The Balaban J connectivity index is 3.15. The van der Waals surface area contributed by atoms with Crippen molar-refractivity contribution in [1.82, 2.24) is 4.31 Å². The summed E-state index contributed by atoms with van der Waals surface area (Å²) in [5, 5.41) is 0.426. The van der Waals surface area contributed by atoms with Gasteiger partial charge in [-0.15, -0.1) is 0 Å². The maximum atomic E-state index is 12.5. The molecule has 0 radical (unpaired) electrons. The minimum atomic E-state index is -3.58. The van der Waals surface area contributed by atoms with E-state index in [4.69, 9.17) is 17.3 Å². The summed E-state index contributed by atoms with van der Waals surface area (Å²) in [6.45, 7) is 1.97. The quantitative estimate of drug-likeness (QED) is 0.818. The fourth-order valence-corrected chi connectivity index (χ4v) is 4.42. The summed E-state index contributed by atoms with van der Waals surface area (Å²) in [5.74, 6) is 0.750. The van der Waals surface area contributed by atoms with Gasteiger partial charge in [-0.25, -0.2) is 8.42 Å². The first-order valence-corrected chi connectivity index (χ1v) is 9.07. The van der Waals surface area contributed by atoms with E-state index in [9.17, 15) is 8.42 Å². The van der Waals surface area contributed by atoms with Gasteiger partial charge in [-0.05, 0) is 30.9 Å². The van der Waals surface area contributed by atoms with Crippen molar-refractivity contribution in [2.75, 3.05) is 24.8 Å². The van der Waals surface area contributed by atoms with E-state index in [1.165, 1.54) is 22.5 Å². The Labute approximate surface area is 124 Å². The molecule has 2 N–H and O–H groups in total. The Hall–Kier alpha value is -0.430. The van der Waals surface area contributed by atoms with Gasteiger partial charge in [0, 0.05) is 23.9 Å². The Morgan fingerprint density at radius 3 is 2.58 bits per heavy atom. The van der Waals surface area contributed by atoms with E-state index in [1.807, 2.05) is 13.2 Å². The van der Waals surface area contributed by atoms with Gasteiger partial charge in [0.15, 0.2) is 0 Å². The third-order valence-corrected chi connectivity index (χ3v) is 5.91. The number of sulfonamides is 1. The van der Waals surface area contributed by atoms with Crippen LogP contribution < -0.4 is 5.73 Å². The number of rotatable bonds is 6. The van der Waals surface area contributed by atoms with Crippen LogP contribution in [-0.2, 0) is 10.0 Å². The molecule has 0 aliphatic carbocycles. The van der Waals surface area contributed by atoms with Gasteiger partial charge in [-0.2, -0.15) is 16.1 Å². The van der Waals surface area contributed by atoms with Gasteiger partial charge >= 0.3 is 0 Å². The summed E-state index contributed by atoms with van der Waals surface area (Å²) in [7, 11) is -1.99. The first kappa shape index (κ1) is 16.6. The van der Waals surface area contributed by atoms with E-state index in [0.717, 1.165) is 12.2 Å². The largest absolute Gasteiger partial charge is 0.398 e. The zero-order valence-electron chi connectivity index (χ0n) is 11.3. The van der Waals surface area contributed by atoms with Gasteiger partial charge in [0.05, 0.1) is 5.69 Å². The fourth-order valence-electron chi connectivity index (χ4n) is 1.78.